The Balaban J connectivity index is 1.83. The Labute approximate surface area is 187 Å². The highest BCUT2D eigenvalue weighted by Crippen LogP contribution is 2.28. The van der Waals surface area contributed by atoms with Gasteiger partial charge in [-0.2, -0.15) is 14.9 Å². The van der Waals surface area contributed by atoms with Crippen LogP contribution in [0.3, 0.4) is 0 Å². The Morgan fingerprint density at radius 3 is 1.55 bits per heavy atom. The summed E-state index contributed by atoms with van der Waals surface area (Å²) in [6.07, 6.45) is 0. The van der Waals surface area contributed by atoms with Crippen LogP contribution in [0.4, 0.5) is 15.5 Å². The van der Waals surface area contributed by atoms with Gasteiger partial charge in [-0.05, 0) is 24.3 Å². The Morgan fingerprint density at radius 1 is 0.742 bits per heavy atom. The van der Waals surface area contributed by atoms with Crippen LogP contribution in [0.1, 0.15) is 0 Å². The van der Waals surface area contributed by atoms with E-state index in [1.54, 1.807) is 48.5 Å². The van der Waals surface area contributed by atoms with Crippen molar-refractivity contribution in [2.24, 2.45) is 0 Å². The molecule has 0 atom stereocenters. The average molecular weight is 460 g/mol. The van der Waals surface area contributed by atoms with Crippen molar-refractivity contribution < 1.29 is 27.4 Å². The van der Waals surface area contributed by atoms with Gasteiger partial charge in [-0.1, -0.05) is 36.4 Å². The number of amides is 2. The molecule has 2 aromatic carbocycles. The zero-order chi connectivity index (χ0) is 22.1. The van der Waals surface area contributed by atoms with Crippen LogP contribution in [0.5, 0.6) is 23.3 Å². The Kier molecular flexibility index (Phi) is 7.96. The maximum atomic E-state index is 12.9. The van der Waals surface area contributed by atoms with Gasteiger partial charge < -0.3 is 17.8 Å². The maximum Gasteiger partial charge on any atom is 0.335 e. The SMILES string of the molecule is COc1cc(OC)nc(N(C(=O)SOc2ccccc2)C(=O)SOc2ccccc2)n1. The summed E-state index contributed by atoms with van der Waals surface area (Å²) in [5.74, 6) is 0.835. The second kappa shape index (κ2) is 11.1. The molecular weight excluding hydrogens is 442 g/mol. The summed E-state index contributed by atoms with van der Waals surface area (Å²) < 4.78 is 21.0. The summed E-state index contributed by atoms with van der Waals surface area (Å²) in [4.78, 5) is 34.6. The van der Waals surface area contributed by atoms with E-state index in [1.807, 2.05) is 12.1 Å². The molecule has 160 valence electrons. The Hall–Kier alpha value is -3.44. The molecular formula is C20H17N3O6S2. The van der Waals surface area contributed by atoms with Crippen molar-refractivity contribution >= 4 is 40.5 Å². The minimum atomic E-state index is -0.784. The van der Waals surface area contributed by atoms with E-state index < -0.39 is 10.5 Å². The smallest absolute Gasteiger partial charge is 0.335 e. The van der Waals surface area contributed by atoms with Gasteiger partial charge in [-0.3, -0.25) is 9.59 Å². The third-order valence-corrected chi connectivity index (χ3v) is 4.76. The van der Waals surface area contributed by atoms with E-state index in [0.717, 1.165) is 0 Å². The number of rotatable bonds is 7. The molecule has 0 radical (unpaired) electrons. The molecule has 0 bridgehead atoms. The van der Waals surface area contributed by atoms with Crippen LogP contribution in [-0.2, 0) is 0 Å². The number of carbonyl (C=O) groups is 2. The van der Waals surface area contributed by atoms with Gasteiger partial charge >= 0.3 is 10.5 Å². The van der Waals surface area contributed by atoms with Gasteiger partial charge in [0, 0.05) is 0 Å². The van der Waals surface area contributed by atoms with E-state index in [-0.39, 0.29) is 17.7 Å². The lowest BCUT2D eigenvalue weighted by Crippen LogP contribution is -2.33. The lowest BCUT2D eigenvalue weighted by Gasteiger charge is -2.18. The van der Waals surface area contributed by atoms with Gasteiger partial charge in [-0.25, -0.2) is 0 Å². The topological polar surface area (TPSA) is 100 Å². The van der Waals surface area contributed by atoms with Crippen molar-refractivity contribution in [3.63, 3.8) is 0 Å². The first-order chi connectivity index (χ1) is 15.1. The molecule has 11 heteroatoms. The van der Waals surface area contributed by atoms with Crippen molar-refractivity contribution in [2.45, 2.75) is 0 Å². The third kappa shape index (κ3) is 6.27. The molecule has 3 rings (SSSR count). The van der Waals surface area contributed by atoms with E-state index in [9.17, 15) is 9.59 Å². The van der Waals surface area contributed by atoms with Crippen molar-refractivity contribution in [1.29, 1.82) is 0 Å². The maximum absolute atomic E-state index is 12.9. The molecule has 9 nitrogen and oxygen atoms in total. The van der Waals surface area contributed by atoms with Crippen molar-refractivity contribution in [1.82, 2.24) is 9.97 Å². The van der Waals surface area contributed by atoms with Crippen LogP contribution in [0.15, 0.2) is 66.7 Å². The minimum absolute atomic E-state index is 0.107. The van der Waals surface area contributed by atoms with Crippen molar-refractivity contribution in [2.75, 3.05) is 19.1 Å². The van der Waals surface area contributed by atoms with Crippen LogP contribution in [0.25, 0.3) is 0 Å². The molecule has 0 unspecified atom stereocenters. The van der Waals surface area contributed by atoms with Crippen LogP contribution in [-0.4, -0.2) is 34.7 Å². The fraction of sp³-hybridized carbons (Fsp3) is 0.100. The number of imide groups is 1. The highest BCUT2D eigenvalue weighted by atomic mass is 32.2. The summed E-state index contributed by atoms with van der Waals surface area (Å²) in [7, 11) is 2.78. The van der Waals surface area contributed by atoms with Gasteiger partial charge in [-0.15, -0.1) is 0 Å². The average Bonchev–Trinajstić information content (AvgIpc) is 2.82. The number of benzene rings is 2. The lowest BCUT2D eigenvalue weighted by molar-refractivity contribution is 0.254. The molecule has 2 amide bonds. The highest BCUT2D eigenvalue weighted by Gasteiger charge is 2.31. The zero-order valence-corrected chi connectivity index (χ0v) is 18.1. The molecule has 1 heterocycles. The van der Waals surface area contributed by atoms with Crippen LogP contribution >= 0.6 is 24.1 Å². The summed E-state index contributed by atoms with van der Waals surface area (Å²) in [6.45, 7) is 0. The number of anilines is 1. The van der Waals surface area contributed by atoms with Gasteiger partial charge in [0.05, 0.1) is 20.3 Å². The van der Waals surface area contributed by atoms with Crippen molar-refractivity contribution in [3.8, 4) is 23.3 Å². The molecule has 0 aliphatic rings. The van der Waals surface area contributed by atoms with Crippen LogP contribution < -0.4 is 22.7 Å². The predicted molar refractivity (Wildman–Crippen MR) is 118 cm³/mol. The minimum Gasteiger partial charge on any atom is -0.481 e. The van der Waals surface area contributed by atoms with E-state index >= 15 is 0 Å². The largest absolute Gasteiger partial charge is 0.481 e. The fourth-order valence-electron chi connectivity index (χ4n) is 2.13. The van der Waals surface area contributed by atoms with Gasteiger partial charge in [0.2, 0.25) is 17.7 Å². The molecule has 31 heavy (non-hydrogen) atoms. The zero-order valence-electron chi connectivity index (χ0n) is 16.5. The summed E-state index contributed by atoms with van der Waals surface area (Å²) in [6, 6.07) is 18.7. The highest BCUT2D eigenvalue weighted by molar-refractivity contribution is 8.12. The molecule has 0 aliphatic carbocycles. The van der Waals surface area contributed by atoms with Gasteiger partial charge in [0.15, 0.2) is 24.1 Å². The number of methoxy groups -OCH3 is 2. The van der Waals surface area contributed by atoms with Crippen LogP contribution in [0.2, 0.25) is 0 Å². The van der Waals surface area contributed by atoms with E-state index in [2.05, 4.69) is 9.97 Å². The van der Waals surface area contributed by atoms with E-state index in [1.165, 1.54) is 20.3 Å². The summed E-state index contributed by atoms with van der Waals surface area (Å²) in [5, 5.41) is -1.57. The number of ether oxygens (including phenoxy) is 2. The first-order valence-electron chi connectivity index (χ1n) is 8.75. The molecule has 3 aromatic rings. The van der Waals surface area contributed by atoms with Crippen molar-refractivity contribution in [3.05, 3.63) is 66.7 Å². The van der Waals surface area contributed by atoms with E-state index in [0.29, 0.717) is 40.5 Å². The molecule has 0 spiro atoms. The number of aromatic nitrogens is 2. The molecule has 1 aromatic heterocycles. The molecule has 0 fully saturated rings. The Morgan fingerprint density at radius 2 is 1.16 bits per heavy atom. The molecule has 0 aliphatic heterocycles. The second-order valence-electron chi connectivity index (χ2n) is 5.58. The lowest BCUT2D eigenvalue weighted by atomic mass is 10.3. The number of hydrogen-bond acceptors (Lipinski definition) is 10. The van der Waals surface area contributed by atoms with Crippen LogP contribution in [0, 0.1) is 0 Å². The molecule has 0 N–H and O–H groups in total. The second-order valence-corrected chi connectivity index (χ2v) is 6.94. The van der Waals surface area contributed by atoms with E-state index in [4.69, 9.17) is 17.8 Å². The fourth-order valence-corrected chi connectivity index (χ4v) is 3.23. The number of nitrogens with zero attached hydrogens (tertiary/aromatic N) is 3. The van der Waals surface area contributed by atoms with Gasteiger partial charge in [0.1, 0.15) is 11.5 Å². The van der Waals surface area contributed by atoms with Gasteiger partial charge in [0.25, 0.3) is 0 Å². The number of para-hydroxylation sites is 2. The first kappa shape index (κ1) is 22.2. The molecule has 0 saturated heterocycles. The normalized spacial score (nSPS) is 10.1. The predicted octanol–water partition coefficient (Wildman–Crippen LogP) is 4.99. The quantitative estimate of drug-likeness (QED) is 0.449. The summed E-state index contributed by atoms with van der Waals surface area (Å²) >= 11 is 0.890. The standard InChI is InChI=1S/C20H17N3O6S2/c1-26-16-13-17(27-2)22-18(21-16)23(19(24)30-28-14-9-5-3-6-10-14)20(25)31-29-15-11-7-4-8-12-15/h3-13H,1-2H3. The third-order valence-electron chi connectivity index (χ3n) is 3.56. The first-order valence-corrected chi connectivity index (χ1v) is 10.2. The Bertz CT molecular complexity index is 946. The number of hydrogen-bond donors (Lipinski definition) is 0. The number of carbonyl (C=O) groups excluding carboxylic acids is 2. The monoisotopic (exact) mass is 459 g/mol. The summed E-state index contributed by atoms with van der Waals surface area (Å²) in [5.41, 5.74) is 0. The molecule has 0 saturated carbocycles.